The third-order valence-corrected chi connectivity index (χ3v) is 11.3. The molecule has 4 nitrogen and oxygen atoms in total. The van der Waals surface area contributed by atoms with E-state index >= 15 is 0 Å². The number of hydrogen-bond donors (Lipinski definition) is 0. The van der Waals surface area contributed by atoms with E-state index in [0.29, 0.717) is 16.8 Å². The van der Waals surface area contributed by atoms with Crippen molar-refractivity contribution in [2.75, 3.05) is 4.90 Å². The molecular formula is C34H24NO3P. The normalized spacial score (nSPS) is 13.2. The first-order valence-corrected chi connectivity index (χ1v) is 14.4. The van der Waals surface area contributed by atoms with Crippen molar-refractivity contribution in [2.45, 2.75) is 0 Å². The monoisotopic (exact) mass is 525 g/mol. The van der Waals surface area contributed by atoms with Crippen molar-refractivity contribution >= 4 is 51.4 Å². The van der Waals surface area contributed by atoms with Gasteiger partial charge >= 0.3 is 0 Å². The fourth-order valence-electron chi connectivity index (χ4n) is 5.30. The molecule has 1 aliphatic rings. The number of carbonyl (C=O) groups is 3. The summed E-state index contributed by atoms with van der Waals surface area (Å²) in [5.74, 6) is -1.40. The van der Waals surface area contributed by atoms with Gasteiger partial charge in [-0.2, -0.15) is 0 Å². The predicted molar refractivity (Wildman–Crippen MR) is 159 cm³/mol. The zero-order chi connectivity index (χ0) is 26.8. The molecule has 1 aliphatic heterocycles. The van der Waals surface area contributed by atoms with Gasteiger partial charge in [0.15, 0.2) is 0 Å². The molecule has 0 aliphatic carbocycles. The summed E-state index contributed by atoms with van der Waals surface area (Å²) < 4.78 is 0. The Morgan fingerprint density at radius 3 is 1.41 bits per heavy atom. The summed E-state index contributed by atoms with van der Waals surface area (Å²) in [7, 11) is 0. The van der Waals surface area contributed by atoms with Crippen LogP contribution in [0.5, 0.6) is 0 Å². The third kappa shape index (κ3) is 3.98. The first-order chi connectivity index (χ1) is 19.1. The molecule has 0 radical (unpaired) electrons. The van der Waals surface area contributed by atoms with Crippen LogP contribution in [0.4, 0.5) is 5.69 Å². The largest absolute Gasteiger partial charge is 0.288 e. The lowest BCUT2D eigenvalue weighted by Crippen LogP contribution is -2.51. The molecular weight excluding hydrogens is 501 g/mol. The number of benzene rings is 5. The zero-order valence-corrected chi connectivity index (χ0v) is 21.9. The number of para-hydroxylation sites is 1. The second kappa shape index (κ2) is 10.2. The molecule has 0 spiro atoms. The number of hydrogen-bond acceptors (Lipinski definition) is 3. The molecule has 5 heteroatoms. The Labute approximate surface area is 227 Å². The van der Waals surface area contributed by atoms with Crippen LogP contribution in [-0.4, -0.2) is 22.9 Å². The molecule has 2 amide bonds. The van der Waals surface area contributed by atoms with Crippen molar-refractivity contribution in [3.8, 4) is 0 Å². The van der Waals surface area contributed by atoms with E-state index in [2.05, 4.69) is 0 Å². The number of imide groups is 1. The number of rotatable bonds is 4. The standard InChI is InChI=1S/C34H24NO3P/c36-31-29-23-13-14-24-30(29)35(33(37)25-15-5-1-6-16-25)34(38)32(31)39(26-17-7-2-8-18-26,27-19-9-3-10-20-27)28-21-11-4-12-22-28/h1-24H. The fourth-order valence-corrected chi connectivity index (χ4v) is 9.64. The summed E-state index contributed by atoms with van der Waals surface area (Å²) in [6, 6.07) is 44.8. The Balaban J connectivity index is 1.80. The molecule has 0 bridgehead atoms. The number of fused-ring (bicyclic) bond motifs is 1. The highest BCUT2D eigenvalue weighted by Gasteiger charge is 2.45. The van der Waals surface area contributed by atoms with Crippen molar-refractivity contribution in [2.24, 2.45) is 0 Å². The van der Waals surface area contributed by atoms with Crippen LogP contribution >= 0.6 is 6.89 Å². The van der Waals surface area contributed by atoms with Gasteiger partial charge in [-0.05, 0) is 47.1 Å². The van der Waals surface area contributed by atoms with E-state index in [4.69, 9.17) is 0 Å². The number of anilines is 1. The molecule has 0 fully saturated rings. The summed E-state index contributed by atoms with van der Waals surface area (Å²) in [4.78, 5) is 44.4. The maximum Gasteiger partial charge on any atom is 0.270 e. The average molecular weight is 526 g/mol. The van der Waals surface area contributed by atoms with Gasteiger partial charge in [-0.15, -0.1) is 0 Å². The van der Waals surface area contributed by atoms with Crippen molar-refractivity contribution in [1.29, 1.82) is 0 Å². The quantitative estimate of drug-likeness (QED) is 0.239. The highest BCUT2D eigenvalue weighted by atomic mass is 31.2. The molecule has 6 rings (SSSR count). The van der Waals surface area contributed by atoms with E-state index in [1.54, 1.807) is 48.5 Å². The summed E-state index contributed by atoms with van der Waals surface area (Å²) in [6.45, 7) is -3.04. The molecule has 1 heterocycles. The number of Topliss-reactive ketones (excluding diaryl/α,β-unsaturated/α-hetero) is 1. The van der Waals surface area contributed by atoms with Gasteiger partial charge in [-0.1, -0.05) is 121 Å². The Kier molecular flexibility index (Phi) is 6.40. The lowest BCUT2D eigenvalue weighted by atomic mass is 9.98. The minimum atomic E-state index is -3.04. The first kappa shape index (κ1) is 24.5. The van der Waals surface area contributed by atoms with Gasteiger partial charge in [-0.25, -0.2) is 4.90 Å². The minimum absolute atomic E-state index is 0.120. The molecule has 0 unspecified atom stereocenters. The van der Waals surface area contributed by atoms with Gasteiger partial charge in [0.25, 0.3) is 11.8 Å². The Bertz CT molecular complexity index is 1640. The molecule has 0 saturated heterocycles. The molecule has 5 aromatic carbocycles. The van der Waals surface area contributed by atoms with E-state index in [-0.39, 0.29) is 11.1 Å². The highest BCUT2D eigenvalue weighted by Crippen LogP contribution is 2.49. The molecule has 39 heavy (non-hydrogen) atoms. The maximum atomic E-state index is 14.8. The molecule has 0 atom stereocenters. The summed E-state index contributed by atoms with van der Waals surface area (Å²) in [5.41, 5.74) is 1.01. The Morgan fingerprint density at radius 1 is 0.513 bits per heavy atom. The topological polar surface area (TPSA) is 54.5 Å². The second-order valence-corrected chi connectivity index (χ2v) is 12.5. The van der Waals surface area contributed by atoms with Crippen LogP contribution in [0.1, 0.15) is 20.7 Å². The van der Waals surface area contributed by atoms with Crippen LogP contribution in [0.2, 0.25) is 0 Å². The molecule has 0 N–H and O–H groups in total. The van der Waals surface area contributed by atoms with E-state index < -0.39 is 18.7 Å². The van der Waals surface area contributed by atoms with Gasteiger partial charge in [0.2, 0.25) is 5.78 Å². The predicted octanol–water partition coefficient (Wildman–Crippen LogP) is 5.22. The van der Waals surface area contributed by atoms with Crippen LogP contribution in [-0.2, 0) is 4.79 Å². The van der Waals surface area contributed by atoms with E-state index in [0.717, 1.165) is 15.9 Å². The van der Waals surface area contributed by atoms with Crippen molar-refractivity contribution in [3.63, 3.8) is 0 Å². The van der Waals surface area contributed by atoms with Crippen LogP contribution in [0, 0.1) is 0 Å². The van der Waals surface area contributed by atoms with Crippen LogP contribution < -0.4 is 20.8 Å². The second-order valence-electron chi connectivity index (χ2n) is 9.18. The molecule has 5 aromatic rings. The summed E-state index contributed by atoms with van der Waals surface area (Å²) >= 11 is 0. The SMILES string of the molecule is O=C1C(=P(c2ccccc2)(c2ccccc2)c2ccccc2)C(=O)N(C(=O)c2ccccc2)c2ccccc21. The van der Waals surface area contributed by atoms with Gasteiger partial charge < -0.3 is 0 Å². The van der Waals surface area contributed by atoms with Crippen molar-refractivity contribution < 1.29 is 14.4 Å². The maximum absolute atomic E-state index is 14.8. The lowest BCUT2D eigenvalue weighted by molar-refractivity contribution is -0.111. The van der Waals surface area contributed by atoms with E-state index in [1.165, 1.54) is 4.90 Å². The highest BCUT2D eigenvalue weighted by molar-refractivity contribution is 7.98. The summed E-state index contributed by atoms with van der Waals surface area (Å²) in [6.07, 6.45) is 0. The molecule has 0 saturated carbocycles. The molecule has 188 valence electrons. The Hall–Kier alpha value is -4.79. The van der Waals surface area contributed by atoms with Crippen molar-refractivity contribution in [1.82, 2.24) is 0 Å². The van der Waals surface area contributed by atoms with Gasteiger partial charge in [0.05, 0.1) is 11.0 Å². The summed E-state index contributed by atoms with van der Waals surface area (Å²) in [5, 5.41) is 2.72. The molecule has 0 aromatic heterocycles. The van der Waals surface area contributed by atoms with Gasteiger partial charge in [-0.3, -0.25) is 14.4 Å². The van der Waals surface area contributed by atoms with E-state index in [9.17, 15) is 14.4 Å². The van der Waals surface area contributed by atoms with Crippen LogP contribution in [0.25, 0.3) is 0 Å². The van der Waals surface area contributed by atoms with Crippen LogP contribution in [0.15, 0.2) is 146 Å². The zero-order valence-electron chi connectivity index (χ0n) is 21.0. The first-order valence-electron chi connectivity index (χ1n) is 12.6. The van der Waals surface area contributed by atoms with Crippen LogP contribution in [0.3, 0.4) is 0 Å². The minimum Gasteiger partial charge on any atom is -0.288 e. The van der Waals surface area contributed by atoms with Crippen molar-refractivity contribution in [3.05, 3.63) is 157 Å². The number of amides is 2. The lowest BCUT2D eigenvalue weighted by Gasteiger charge is -2.36. The van der Waals surface area contributed by atoms with Gasteiger partial charge in [0.1, 0.15) is 0 Å². The van der Waals surface area contributed by atoms with E-state index in [1.807, 2.05) is 97.1 Å². The fraction of sp³-hybridized carbons (Fsp3) is 0. The average Bonchev–Trinajstić information content (AvgIpc) is 3.01. The number of nitrogens with zero attached hydrogens (tertiary/aromatic N) is 1. The third-order valence-electron chi connectivity index (χ3n) is 7.00. The number of carbonyl (C=O) groups excluding carboxylic acids is 3. The van der Waals surface area contributed by atoms with Gasteiger partial charge in [0, 0.05) is 11.1 Å². The smallest absolute Gasteiger partial charge is 0.270 e. The Morgan fingerprint density at radius 2 is 0.923 bits per heavy atom. The number of ketones is 1.